The van der Waals surface area contributed by atoms with E-state index in [1.807, 2.05) is 6.07 Å². The van der Waals surface area contributed by atoms with E-state index in [-0.39, 0.29) is 0 Å². The van der Waals surface area contributed by atoms with Crippen molar-refractivity contribution in [2.45, 2.75) is 6.54 Å². The first-order valence-electron chi connectivity index (χ1n) is 4.55. The molecule has 1 N–H and O–H groups in total. The van der Waals surface area contributed by atoms with Crippen LogP contribution in [0.25, 0.3) is 10.2 Å². The summed E-state index contributed by atoms with van der Waals surface area (Å²) in [6.45, 7) is 0.421. The summed E-state index contributed by atoms with van der Waals surface area (Å²) in [7, 11) is 1.33. The largest absolute Gasteiger partial charge is 0.453 e. The number of ether oxygens (including phenoxy) is 1. The van der Waals surface area contributed by atoms with Gasteiger partial charge in [0.25, 0.3) is 0 Å². The Balaban J connectivity index is 2.20. The highest BCUT2D eigenvalue weighted by atomic mass is 35.5. The number of amides is 1. The maximum Gasteiger partial charge on any atom is 0.407 e. The zero-order valence-corrected chi connectivity index (χ0v) is 10.1. The number of hydrogen-bond acceptors (Lipinski definition) is 4. The van der Waals surface area contributed by atoms with Gasteiger partial charge in [0.15, 0.2) is 0 Å². The van der Waals surface area contributed by atoms with E-state index in [0.717, 1.165) is 15.1 Å². The Hall–Kier alpha value is -1.33. The second-order valence-electron chi connectivity index (χ2n) is 3.06. The van der Waals surface area contributed by atoms with Gasteiger partial charge in [0.1, 0.15) is 0 Å². The molecule has 0 atom stereocenters. The topological polar surface area (TPSA) is 51.2 Å². The van der Waals surface area contributed by atoms with E-state index in [0.29, 0.717) is 11.6 Å². The molecule has 6 heteroatoms. The number of nitrogens with one attached hydrogen (secondary N) is 1. The van der Waals surface area contributed by atoms with E-state index >= 15 is 0 Å². The third-order valence-corrected chi connectivity index (χ3v) is 3.59. The third-order valence-electron chi connectivity index (χ3n) is 2.01. The third kappa shape index (κ3) is 2.25. The molecule has 0 fully saturated rings. The number of thiophene rings is 1. The van der Waals surface area contributed by atoms with Gasteiger partial charge in [-0.15, -0.1) is 11.3 Å². The van der Waals surface area contributed by atoms with Crippen molar-refractivity contribution in [2.75, 3.05) is 7.11 Å². The Morgan fingerprint density at radius 1 is 1.69 bits per heavy atom. The van der Waals surface area contributed by atoms with E-state index < -0.39 is 6.09 Å². The summed E-state index contributed by atoms with van der Waals surface area (Å²) in [5.74, 6) is 0. The zero-order valence-electron chi connectivity index (χ0n) is 8.49. The predicted molar refractivity (Wildman–Crippen MR) is 63.9 cm³/mol. The molecule has 4 nitrogen and oxygen atoms in total. The first kappa shape index (κ1) is 11.2. The van der Waals surface area contributed by atoms with Crippen LogP contribution < -0.4 is 5.32 Å². The molecule has 2 aromatic heterocycles. The SMILES string of the molecule is COC(=O)NCc1cc2nccc(Cl)c2s1. The molecule has 0 spiro atoms. The van der Waals surface area contributed by atoms with E-state index in [4.69, 9.17) is 11.6 Å². The van der Waals surface area contributed by atoms with E-state index in [2.05, 4.69) is 15.0 Å². The molecule has 0 saturated carbocycles. The minimum absolute atomic E-state index is 0.421. The Labute approximate surface area is 101 Å². The van der Waals surface area contributed by atoms with Gasteiger partial charge in [-0.1, -0.05) is 11.6 Å². The monoisotopic (exact) mass is 256 g/mol. The van der Waals surface area contributed by atoms with Crippen molar-refractivity contribution in [3.8, 4) is 0 Å². The number of aromatic nitrogens is 1. The molecule has 0 aliphatic rings. The summed E-state index contributed by atoms with van der Waals surface area (Å²) < 4.78 is 5.42. The number of alkyl carbamates (subject to hydrolysis) is 1. The van der Waals surface area contributed by atoms with Crippen molar-refractivity contribution >= 4 is 39.2 Å². The highest BCUT2D eigenvalue weighted by Crippen LogP contribution is 2.29. The molecule has 0 bridgehead atoms. The quantitative estimate of drug-likeness (QED) is 0.899. The smallest absolute Gasteiger partial charge is 0.407 e. The molecule has 2 rings (SSSR count). The van der Waals surface area contributed by atoms with Crippen LogP contribution in [0.2, 0.25) is 5.02 Å². The van der Waals surface area contributed by atoms with E-state index in [9.17, 15) is 4.79 Å². The van der Waals surface area contributed by atoms with Crippen molar-refractivity contribution in [2.24, 2.45) is 0 Å². The molecule has 0 aliphatic carbocycles. The van der Waals surface area contributed by atoms with Gasteiger partial charge >= 0.3 is 6.09 Å². The minimum atomic E-state index is -0.448. The highest BCUT2D eigenvalue weighted by molar-refractivity contribution is 7.19. The maximum absolute atomic E-state index is 10.9. The lowest BCUT2D eigenvalue weighted by atomic mass is 10.3. The fourth-order valence-electron chi connectivity index (χ4n) is 1.28. The van der Waals surface area contributed by atoms with Crippen LogP contribution in [0.15, 0.2) is 18.3 Å². The Morgan fingerprint density at radius 2 is 2.50 bits per heavy atom. The summed E-state index contributed by atoms with van der Waals surface area (Å²) in [5.41, 5.74) is 0.846. The molecule has 0 unspecified atom stereocenters. The van der Waals surface area contributed by atoms with Gasteiger partial charge < -0.3 is 10.1 Å². The van der Waals surface area contributed by atoms with Crippen LogP contribution in [0.5, 0.6) is 0 Å². The lowest BCUT2D eigenvalue weighted by molar-refractivity contribution is 0.170. The molecule has 0 radical (unpaired) electrons. The first-order chi connectivity index (χ1) is 7.70. The molecule has 0 saturated heterocycles. The molecular formula is C10H9ClN2O2S. The van der Waals surface area contributed by atoms with Gasteiger partial charge in [-0.2, -0.15) is 0 Å². The Bertz CT molecular complexity index is 527. The fourth-order valence-corrected chi connectivity index (χ4v) is 2.50. The number of hydrogen-bond donors (Lipinski definition) is 1. The summed E-state index contributed by atoms with van der Waals surface area (Å²) in [4.78, 5) is 16.1. The molecule has 2 heterocycles. The van der Waals surface area contributed by atoms with Crippen molar-refractivity contribution in [1.29, 1.82) is 0 Å². The standard InChI is InChI=1S/C10H9ClN2O2S/c1-15-10(14)13-5-6-4-8-9(16-6)7(11)2-3-12-8/h2-4H,5H2,1H3,(H,13,14). The van der Waals surface area contributed by atoms with Crippen LogP contribution in [-0.4, -0.2) is 18.2 Å². The number of methoxy groups -OCH3 is 1. The molecular weight excluding hydrogens is 248 g/mol. The summed E-state index contributed by atoms with van der Waals surface area (Å²) in [6.07, 6.45) is 1.21. The number of carbonyl (C=O) groups excluding carboxylic acids is 1. The maximum atomic E-state index is 10.9. The summed E-state index contributed by atoms with van der Waals surface area (Å²) in [5, 5.41) is 3.29. The van der Waals surface area contributed by atoms with E-state index in [1.165, 1.54) is 18.4 Å². The van der Waals surface area contributed by atoms with Crippen LogP contribution in [0, 0.1) is 0 Å². The van der Waals surface area contributed by atoms with Gasteiger partial charge in [0, 0.05) is 11.1 Å². The van der Waals surface area contributed by atoms with Crippen molar-refractivity contribution in [1.82, 2.24) is 10.3 Å². The van der Waals surface area contributed by atoms with Gasteiger partial charge in [-0.05, 0) is 12.1 Å². The normalized spacial score (nSPS) is 10.4. The van der Waals surface area contributed by atoms with Crippen molar-refractivity contribution in [3.63, 3.8) is 0 Å². The first-order valence-corrected chi connectivity index (χ1v) is 5.75. The molecule has 0 aromatic carbocycles. The highest BCUT2D eigenvalue weighted by Gasteiger charge is 2.07. The second kappa shape index (κ2) is 4.67. The molecule has 1 amide bonds. The van der Waals surface area contributed by atoms with Gasteiger partial charge in [-0.25, -0.2) is 4.79 Å². The Kier molecular flexibility index (Phi) is 3.26. The van der Waals surface area contributed by atoms with Gasteiger partial charge in [0.05, 0.1) is 28.9 Å². The summed E-state index contributed by atoms with van der Waals surface area (Å²) >= 11 is 7.53. The van der Waals surface area contributed by atoms with Crippen LogP contribution in [0.3, 0.4) is 0 Å². The Morgan fingerprint density at radius 3 is 3.19 bits per heavy atom. The van der Waals surface area contributed by atoms with Crippen LogP contribution in [-0.2, 0) is 11.3 Å². The number of carbonyl (C=O) groups is 1. The van der Waals surface area contributed by atoms with Crippen molar-refractivity contribution in [3.05, 3.63) is 28.2 Å². The van der Waals surface area contributed by atoms with Crippen LogP contribution in [0.1, 0.15) is 4.88 Å². The molecule has 2 aromatic rings. The van der Waals surface area contributed by atoms with Crippen LogP contribution >= 0.6 is 22.9 Å². The number of rotatable bonds is 2. The van der Waals surface area contributed by atoms with Gasteiger partial charge in [-0.3, -0.25) is 4.98 Å². The number of halogens is 1. The number of pyridine rings is 1. The lowest BCUT2D eigenvalue weighted by Gasteiger charge is -1.99. The number of fused-ring (bicyclic) bond motifs is 1. The van der Waals surface area contributed by atoms with E-state index in [1.54, 1.807) is 12.3 Å². The molecule has 0 aliphatic heterocycles. The lowest BCUT2D eigenvalue weighted by Crippen LogP contribution is -2.21. The fraction of sp³-hybridized carbons (Fsp3) is 0.200. The van der Waals surface area contributed by atoms with Gasteiger partial charge in [0.2, 0.25) is 0 Å². The molecule has 16 heavy (non-hydrogen) atoms. The minimum Gasteiger partial charge on any atom is -0.453 e. The molecule has 84 valence electrons. The zero-order chi connectivity index (χ0) is 11.5. The summed E-state index contributed by atoms with van der Waals surface area (Å²) in [6, 6.07) is 3.65. The average Bonchev–Trinajstić information content (AvgIpc) is 2.70. The second-order valence-corrected chi connectivity index (χ2v) is 4.61. The number of nitrogens with zero attached hydrogens (tertiary/aromatic N) is 1. The van der Waals surface area contributed by atoms with Crippen molar-refractivity contribution < 1.29 is 9.53 Å². The predicted octanol–water partition coefficient (Wildman–Crippen LogP) is 2.81. The average molecular weight is 257 g/mol. The van der Waals surface area contributed by atoms with Crippen LogP contribution in [0.4, 0.5) is 4.79 Å².